The number of allylic oxidation sites excluding steroid dienone is 3. The van der Waals surface area contributed by atoms with Crippen LogP contribution in [0.1, 0.15) is 20.8 Å². The molecule has 2 aromatic rings. The number of hydrogen-bond donors (Lipinski definition) is 0. The van der Waals surface area contributed by atoms with Crippen LogP contribution in [0.3, 0.4) is 0 Å². The summed E-state index contributed by atoms with van der Waals surface area (Å²) < 4.78 is 0. The van der Waals surface area contributed by atoms with Gasteiger partial charge in [-0.1, -0.05) is 17.7 Å². The molecule has 0 atom stereocenters. The largest absolute Gasteiger partial charge is 0.168 e. The van der Waals surface area contributed by atoms with Crippen molar-refractivity contribution in [2.75, 3.05) is 20.0 Å². The van der Waals surface area contributed by atoms with E-state index in [1.165, 1.54) is 21.9 Å². The molecule has 0 heterocycles. The minimum Gasteiger partial charge on any atom is -0.168 e. The molecule has 0 spiro atoms. The second kappa shape index (κ2) is 9.47. The fourth-order valence-electron chi connectivity index (χ4n) is 2.17. The Balaban J connectivity index is 0.000000367. The summed E-state index contributed by atoms with van der Waals surface area (Å²) in [6, 6.07) is 14.7. The molecule has 2 aromatic carbocycles. The van der Waals surface area contributed by atoms with Gasteiger partial charge in [-0.15, -0.1) is 29.7 Å². The molecule has 0 unspecified atom stereocenters. The zero-order valence-corrected chi connectivity index (χ0v) is 16.6. The van der Waals surface area contributed by atoms with Gasteiger partial charge in [-0.3, -0.25) is 0 Å². The van der Waals surface area contributed by atoms with E-state index in [4.69, 9.17) is 0 Å². The normalized spacial score (nSPS) is 11.2. The van der Waals surface area contributed by atoms with Gasteiger partial charge in [0.2, 0.25) is 0 Å². The summed E-state index contributed by atoms with van der Waals surface area (Å²) in [6.07, 6.45) is 2.24. The van der Waals surface area contributed by atoms with Crippen molar-refractivity contribution < 1.29 is 21.7 Å². The van der Waals surface area contributed by atoms with E-state index in [9.17, 15) is 0 Å². The topological polar surface area (TPSA) is 0 Å². The van der Waals surface area contributed by atoms with E-state index in [-0.39, 0.29) is 21.7 Å². The van der Waals surface area contributed by atoms with Gasteiger partial charge in [-0.25, -0.2) is 0 Å². The molecule has 2 rings (SSSR count). The molecule has 0 aliphatic heterocycles. The Bertz CT molecular complexity index is 563. The fourth-order valence-corrected chi connectivity index (χ4v) is 3.47. The molecule has 0 bridgehead atoms. The molecule has 0 fully saturated rings. The first-order chi connectivity index (χ1) is 9.28. The van der Waals surface area contributed by atoms with Gasteiger partial charge in [0.05, 0.1) is 25.8 Å². The van der Waals surface area contributed by atoms with Crippen molar-refractivity contribution in [3.63, 3.8) is 0 Å². The molecular weight excluding hydrogens is 307 g/mol. The molecule has 112 valence electrons. The molecule has 0 radical (unpaired) electrons. The fraction of sp³-hybridized carbons (Fsp3) is 0.316. The predicted molar refractivity (Wildman–Crippen MR) is 97.4 cm³/mol. The Morgan fingerprint density at radius 3 is 2.14 bits per heavy atom. The van der Waals surface area contributed by atoms with Gasteiger partial charge in [0.25, 0.3) is 0 Å². The Hall–Kier alpha value is -0.546. The second-order valence-electron chi connectivity index (χ2n) is 6.37. The van der Waals surface area contributed by atoms with E-state index in [0.29, 0.717) is 0 Å². The SMILES string of the molecule is CC(C)=CC(C)=C[P+](C)(C)C.[Ti].c1ccc2[cH-]ccc2c1. The average Bonchev–Trinajstić information content (AvgIpc) is 2.73. The monoisotopic (exact) mass is 334 g/mol. The van der Waals surface area contributed by atoms with Crippen molar-refractivity contribution in [2.45, 2.75) is 20.8 Å². The van der Waals surface area contributed by atoms with Crippen LogP contribution in [0.5, 0.6) is 0 Å². The molecule has 0 saturated heterocycles. The van der Waals surface area contributed by atoms with E-state index < -0.39 is 7.26 Å². The third-order valence-electron chi connectivity index (χ3n) is 2.65. The molecule has 0 nitrogen and oxygen atoms in total. The third kappa shape index (κ3) is 9.15. The molecule has 0 aliphatic carbocycles. The quantitative estimate of drug-likeness (QED) is 0.261. The number of benzene rings is 1. The number of rotatable bonds is 2. The maximum atomic E-state index is 2.40. The van der Waals surface area contributed by atoms with Crippen molar-refractivity contribution in [3.8, 4) is 0 Å². The molecule has 0 aromatic heterocycles. The third-order valence-corrected chi connectivity index (χ3v) is 3.84. The molecule has 0 aliphatic rings. The van der Waals surface area contributed by atoms with Crippen LogP contribution in [-0.4, -0.2) is 20.0 Å². The Labute approximate surface area is 145 Å². The van der Waals surface area contributed by atoms with Crippen molar-refractivity contribution in [1.29, 1.82) is 0 Å². The molecule has 2 heteroatoms. The van der Waals surface area contributed by atoms with Crippen LogP contribution in [-0.2, 0) is 21.7 Å². The van der Waals surface area contributed by atoms with Crippen LogP contribution in [0.4, 0.5) is 0 Å². The van der Waals surface area contributed by atoms with Crippen molar-refractivity contribution in [2.24, 2.45) is 0 Å². The van der Waals surface area contributed by atoms with Crippen LogP contribution in [0.2, 0.25) is 0 Å². The van der Waals surface area contributed by atoms with Gasteiger partial charge >= 0.3 is 0 Å². The summed E-state index contributed by atoms with van der Waals surface area (Å²) in [5, 5.41) is 2.66. The van der Waals surface area contributed by atoms with Crippen molar-refractivity contribution in [3.05, 3.63) is 65.5 Å². The van der Waals surface area contributed by atoms with Crippen LogP contribution in [0.25, 0.3) is 10.8 Å². The average molecular weight is 334 g/mol. The summed E-state index contributed by atoms with van der Waals surface area (Å²) in [6.45, 7) is 13.4. The standard InChI is InChI=1S/C10H20P.C9H7.Ti/c1-9(2)7-10(3)8-11(4,5)6;1-2-5-9-7-3-6-8(9)4-1;/h7-8H,1-6H3;1-7H;/q+1;-1;. The Morgan fingerprint density at radius 1 is 1.00 bits per heavy atom. The summed E-state index contributed by atoms with van der Waals surface area (Å²) in [5.41, 5.74) is 2.79. The first-order valence-corrected chi connectivity index (χ1v) is 10.2. The van der Waals surface area contributed by atoms with Crippen LogP contribution >= 0.6 is 7.26 Å². The Morgan fingerprint density at radius 2 is 1.62 bits per heavy atom. The summed E-state index contributed by atoms with van der Waals surface area (Å²) >= 11 is 0. The minimum atomic E-state index is -0.735. The van der Waals surface area contributed by atoms with Crippen LogP contribution < -0.4 is 0 Å². The van der Waals surface area contributed by atoms with Gasteiger partial charge in [0, 0.05) is 29.0 Å². The zero-order valence-electron chi connectivity index (χ0n) is 14.1. The maximum Gasteiger partial charge on any atom is 0.0608 e. The van der Waals surface area contributed by atoms with E-state index in [1.807, 2.05) is 0 Å². The first kappa shape index (κ1) is 20.5. The molecule has 0 N–H and O–H groups in total. The summed E-state index contributed by atoms with van der Waals surface area (Å²) in [5.74, 6) is 2.40. The van der Waals surface area contributed by atoms with Crippen LogP contribution in [0, 0.1) is 0 Å². The smallest absolute Gasteiger partial charge is 0.0608 e. The van der Waals surface area contributed by atoms with Gasteiger partial charge in [-0.2, -0.15) is 17.5 Å². The van der Waals surface area contributed by atoms with E-state index in [1.54, 1.807) is 0 Å². The zero-order chi connectivity index (χ0) is 15.2. The minimum absolute atomic E-state index is 0. The van der Waals surface area contributed by atoms with Crippen molar-refractivity contribution >= 4 is 18.0 Å². The molecule has 21 heavy (non-hydrogen) atoms. The van der Waals surface area contributed by atoms with E-state index in [0.717, 1.165) is 0 Å². The molecular formula is C19H27PTi. The number of hydrogen-bond acceptors (Lipinski definition) is 0. The van der Waals surface area contributed by atoms with E-state index in [2.05, 4.69) is 95.1 Å². The van der Waals surface area contributed by atoms with Gasteiger partial charge in [0.1, 0.15) is 0 Å². The van der Waals surface area contributed by atoms with Gasteiger partial charge < -0.3 is 0 Å². The van der Waals surface area contributed by atoms with Gasteiger partial charge in [-0.05, 0) is 26.3 Å². The predicted octanol–water partition coefficient (Wildman–Crippen LogP) is 6.32. The summed E-state index contributed by atoms with van der Waals surface area (Å²) in [7, 11) is -0.735. The first-order valence-electron chi connectivity index (χ1n) is 7.04. The second-order valence-corrected chi connectivity index (χ2v) is 10.9. The van der Waals surface area contributed by atoms with Crippen molar-refractivity contribution in [1.82, 2.24) is 0 Å². The molecule has 0 saturated carbocycles. The molecule has 0 amide bonds. The summed E-state index contributed by atoms with van der Waals surface area (Å²) in [4.78, 5) is 0. The van der Waals surface area contributed by atoms with Gasteiger partial charge in [0.15, 0.2) is 0 Å². The van der Waals surface area contributed by atoms with Crippen LogP contribution in [0.15, 0.2) is 65.5 Å². The maximum absolute atomic E-state index is 2.40. The Kier molecular flexibility index (Phi) is 9.22. The van der Waals surface area contributed by atoms with E-state index >= 15 is 0 Å². The number of fused-ring (bicyclic) bond motifs is 1.